The summed E-state index contributed by atoms with van der Waals surface area (Å²) in [5, 5.41) is 0.798. The normalized spacial score (nSPS) is 11.5. The molecule has 0 aliphatic carbocycles. The van der Waals surface area contributed by atoms with E-state index in [1.165, 1.54) is 25.7 Å². The number of nitrogens with one attached hydrogen (secondary N) is 1. The SMILES string of the molecule is CCCCCC/C=C/Cc1[nH]c2ccccc2c(=O)c1CC. The molecule has 1 N–H and O–H groups in total. The van der Waals surface area contributed by atoms with Crippen molar-refractivity contribution in [2.45, 2.75) is 58.8 Å². The number of aromatic amines is 1. The largest absolute Gasteiger partial charge is 0.358 e. The Morgan fingerprint density at radius 1 is 1.05 bits per heavy atom. The van der Waals surface area contributed by atoms with Gasteiger partial charge in [-0.15, -0.1) is 0 Å². The maximum absolute atomic E-state index is 12.5. The predicted molar refractivity (Wildman–Crippen MR) is 95.5 cm³/mol. The van der Waals surface area contributed by atoms with E-state index in [0.717, 1.165) is 41.4 Å². The van der Waals surface area contributed by atoms with Crippen molar-refractivity contribution in [2.75, 3.05) is 0 Å². The molecule has 2 nitrogen and oxygen atoms in total. The molecule has 0 amide bonds. The van der Waals surface area contributed by atoms with E-state index in [4.69, 9.17) is 0 Å². The molecule has 0 bridgehead atoms. The molecule has 0 radical (unpaired) electrons. The van der Waals surface area contributed by atoms with Crippen LogP contribution >= 0.6 is 0 Å². The molecule has 1 heterocycles. The molecule has 0 saturated heterocycles. The Kier molecular flexibility index (Phi) is 6.45. The highest BCUT2D eigenvalue weighted by molar-refractivity contribution is 5.79. The van der Waals surface area contributed by atoms with Crippen LogP contribution in [0.1, 0.15) is 57.2 Å². The number of rotatable bonds is 8. The van der Waals surface area contributed by atoms with Gasteiger partial charge in [-0.2, -0.15) is 0 Å². The Balaban J connectivity index is 2.10. The highest BCUT2D eigenvalue weighted by atomic mass is 16.1. The van der Waals surface area contributed by atoms with Crippen LogP contribution in [-0.4, -0.2) is 4.98 Å². The van der Waals surface area contributed by atoms with E-state index in [9.17, 15) is 4.79 Å². The van der Waals surface area contributed by atoms with Crippen molar-refractivity contribution in [1.82, 2.24) is 4.98 Å². The maximum atomic E-state index is 12.5. The monoisotopic (exact) mass is 297 g/mol. The van der Waals surface area contributed by atoms with Crippen molar-refractivity contribution < 1.29 is 0 Å². The zero-order valence-corrected chi connectivity index (χ0v) is 13.8. The molecule has 2 rings (SSSR count). The van der Waals surface area contributed by atoms with Gasteiger partial charge in [-0.05, 0) is 31.4 Å². The van der Waals surface area contributed by atoms with Crippen molar-refractivity contribution in [3.05, 3.63) is 57.9 Å². The van der Waals surface area contributed by atoms with Crippen molar-refractivity contribution in [3.63, 3.8) is 0 Å². The summed E-state index contributed by atoms with van der Waals surface area (Å²) >= 11 is 0. The number of allylic oxidation sites excluding steroid dienone is 2. The maximum Gasteiger partial charge on any atom is 0.192 e. The first-order valence-corrected chi connectivity index (χ1v) is 8.55. The summed E-state index contributed by atoms with van der Waals surface area (Å²) in [4.78, 5) is 16.0. The quantitative estimate of drug-likeness (QED) is 0.530. The van der Waals surface area contributed by atoms with Gasteiger partial charge in [-0.1, -0.05) is 57.4 Å². The van der Waals surface area contributed by atoms with Gasteiger partial charge < -0.3 is 4.98 Å². The fraction of sp³-hybridized carbons (Fsp3) is 0.450. The van der Waals surface area contributed by atoms with E-state index < -0.39 is 0 Å². The third kappa shape index (κ3) is 4.09. The first kappa shape index (κ1) is 16.5. The van der Waals surface area contributed by atoms with Crippen LogP contribution in [0.25, 0.3) is 10.9 Å². The molecular weight excluding hydrogens is 270 g/mol. The lowest BCUT2D eigenvalue weighted by molar-refractivity contribution is 0.674. The predicted octanol–water partition coefficient (Wildman–Crippen LogP) is 5.16. The summed E-state index contributed by atoms with van der Waals surface area (Å²) in [6.45, 7) is 4.29. The molecule has 2 heteroatoms. The van der Waals surface area contributed by atoms with Gasteiger partial charge in [-0.3, -0.25) is 4.79 Å². The number of aromatic nitrogens is 1. The number of fused-ring (bicyclic) bond motifs is 1. The summed E-state index contributed by atoms with van der Waals surface area (Å²) in [5.41, 5.74) is 3.12. The molecule has 0 aliphatic rings. The summed E-state index contributed by atoms with van der Waals surface area (Å²) in [7, 11) is 0. The van der Waals surface area contributed by atoms with Gasteiger partial charge in [0.2, 0.25) is 0 Å². The van der Waals surface area contributed by atoms with E-state index in [0.29, 0.717) is 0 Å². The number of hydrogen-bond acceptors (Lipinski definition) is 1. The number of benzene rings is 1. The molecule has 0 aliphatic heterocycles. The zero-order valence-electron chi connectivity index (χ0n) is 13.8. The van der Waals surface area contributed by atoms with E-state index >= 15 is 0 Å². The van der Waals surface area contributed by atoms with Crippen LogP contribution in [0.15, 0.2) is 41.2 Å². The number of para-hydroxylation sites is 1. The molecule has 0 saturated carbocycles. The Morgan fingerprint density at radius 2 is 1.86 bits per heavy atom. The fourth-order valence-corrected chi connectivity index (χ4v) is 2.88. The molecule has 118 valence electrons. The van der Waals surface area contributed by atoms with Crippen LogP contribution in [0, 0.1) is 0 Å². The first-order chi connectivity index (χ1) is 10.8. The van der Waals surface area contributed by atoms with Gasteiger partial charge in [-0.25, -0.2) is 0 Å². The van der Waals surface area contributed by atoms with Crippen LogP contribution < -0.4 is 5.43 Å². The second-order valence-corrected chi connectivity index (χ2v) is 5.84. The molecular formula is C20H27NO. The van der Waals surface area contributed by atoms with E-state index in [-0.39, 0.29) is 5.43 Å². The van der Waals surface area contributed by atoms with Crippen LogP contribution in [0.3, 0.4) is 0 Å². The molecule has 1 aromatic carbocycles. The Labute approximate surface area is 133 Å². The smallest absolute Gasteiger partial charge is 0.192 e. The van der Waals surface area contributed by atoms with Gasteiger partial charge >= 0.3 is 0 Å². The summed E-state index contributed by atoms with van der Waals surface area (Å²) < 4.78 is 0. The third-order valence-electron chi connectivity index (χ3n) is 4.16. The van der Waals surface area contributed by atoms with Crippen LogP contribution in [0.4, 0.5) is 0 Å². The Hall–Kier alpha value is -1.83. The Bertz CT molecular complexity index is 682. The topological polar surface area (TPSA) is 32.9 Å². The minimum absolute atomic E-state index is 0.184. The number of unbranched alkanes of at least 4 members (excludes halogenated alkanes) is 4. The lowest BCUT2D eigenvalue weighted by atomic mass is 10.0. The lowest BCUT2D eigenvalue weighted by Gasteiger charge is -2.08. The van der Waals surface area contributed by atoms with Gasteiger partial charge in [0.15, 0.2) is 5.43 Å². The minimum Gasteiger partial charge on any atom is -0.358 e. The highest BCUT2D eigenvalue weighted by Gasteiger charge is 2.08. The molecule has 1 aromatic heterocycles. The van der Waals surface area contributed by atoms with Gasteiger partial charge in [0, 0.05) is 28.6 Å². The standard InChI is InChI=1S/C20H27NO/c1-3-5-6-7-8-9-10-14-18-16(4-2)20(22)17-13-11-12-15-19(17)21-18/h9-13,15H,3-8,14H2,1-2H3,(H,21,22)/b10-9+. The van der Waals surface area contributed by atoms with Gasteiger partial charge in [0.25, 0.3) is 0 Å². The molecule has 0 atom stereocenters. The van der Waals surface area contributed by atoms with Crippen LogP contribution in [0.2, 0.25) is 0 Å². The second-order valence-electron chi connectivity index (χ2n) is 5.84. The first-order valence-electron chi connectivity index (χ1n) is 8.55. The average Bonchev–Trinajstić information content (AvgIpc) is 2.54. The van der Waals surface area contributed by atoms with Crippen LogP contribution in [0.5, 0.6) is 0 Å². The van der Waals surface area contributed by atoms with Crippen molar-refractivity contribution in [2.24, 2.45) is 0 Å². The number of hydrogen-bond donors (Lipinski definition) is 1. The Morgan fingerprint density at radius 3 is 2.64 bits per heavy atom. The van der Waals surface area contributed by atoms with Gasteiger partial charge in [0.1, 0.15) is 0 Å². The third-order valence-corrected chi connectivity index (χ3v) is 4.16. The average molecular weight is 297 g/mol. The minimum atomic E-state index is 0.184. The van der Waals surface area contributed by atoms with Crippen molar-refractivity contribution >= 4 is 10.9 Å². The molecule has 0 spiro atoms. The van der Waals surface area contributed by atoms with Crippen molar-refractivity contribution in [1.29, 1.82) is 0 Å². The molecule has 0 fully saturated rings. The fourth-order valence-electron chi connectivity index (χ4n) is 2.88. The zero-order chi connectivity index (χ0) is 15.8. The summed E-state index contributed by atoms with van der Waals surface area (Å²) in [5.74, 6) is 0. The second kappa shape index (κ2) is 8.57. The highest BCUT2D eigenvalue weighted by Crippen LogP contribution is 2.13. The van der Waals surface area contributed by atoms with E-state index in [1.54, 1.807) is 0 Å². The number of H-pyrrole nitrogens is 1. The number of pyridine rings is 1. The van der Waals surface area contributed by atoms with E-state index in [1.807, 2.05) is 24.3 Å². The lowest BCUT2D eigenvalue weighted by Crippen LogP contribution is -2.14. The van der Waals surface area contributed by atoms with Crippen molar-refractivity contribution in [3.8, 4) is 0 Å². The molecule has 22 heavy (non-hydrogen) atoms. The summed E-state index contributed by atoms with van der Waals surface area (Å²) in [6.07, 6.45) is 12.4. The summed E-state index contributed by atoms with van der Waals surface area (Å²) in [6, 6.07) is 7.78. The molecule has 0 unspecified atom stereocenters. The molecule has 2 aromatic rings. The van der Waals surface area contributed by atoms with E-state index in [2.05, 4.69) is 31.0 Å². The van der Waals surface area contributed by atoms with Gasteiger partial charge in [0.05, 0.1) is 0 Å². The van der Waals surface area contributed by atoms with Crippen LogP contribution in [-0.2, 0) is 12.8 Å².